The molecule has 0 aromatic heterocycles. The number of rotatable bonds is 8. The standard InChI is InChI=1S/C28H26BrNO5/c1-18-15-22(35-17-19-7-4-3-5-8-19)11-12-23(18)26(31)24-25(20-9-6-10-21(29)16-20)30(13-14-34-2)28(33)27(24)32/h3-12,15-16,25,31H,13-14,17H2,1-2H3/b26-24+. The lowest BCUT2D eigenvalue weighted by Crippen LogP contribution is -2.32. The summed E-state index contributed by atoms with van der Waals surface area (Å²) >= 11 is 3.46. The molecule has 6 nitrogen and oxygen atoms in total. The van der Waals surface area contributed by atoms with Gasteiger partial charge in [-0.3, -0.25) is 9.59 Å². The van der Waals surface area contributed by atoms with Crippen molar-refractivity contribution in [2.75, 3.05) is 20.3 Å². The number of carbonyl (C=O) groups is 2. The molecule has 0 bridgehead atoms. The fourth-order valence-electron chi connectivity index (χ4n) is 4.20. The van der Waals surface area contributed by atoms with E-state index in [0.29, 0.717) is 17.9 Å². The van der Waals surface area contributed by atoms with Crippen LogP contribution in [-0.2, 0) is 20.9 Å². The van der Waals surface area contributed by atoms with Crippen LogP contribution in [0, 0.1) is 6.92 Å². The summed E-state index contributed by atoms with van der Waals surface area (Å²) in [4.78, 5) is 27.5. The van der Waals surface area contributed by atoms with Gasteiger partial charge in [-0.1, -0.05) is 58.4 Å². The number of amides is 1. The van der Waals surface area contributed by atoms with E-state index in [1.54, 1.807) is 12.1 Å². The lowest BCUT2D eigenvalue weighted by Gasteiger charge is -2.25. The first-order valence-corrected chi connectivity index (χ1v) is 12.0. The molecule has 1 fully saturated rings. The van der Waals surface area contributed by atoms with Crippen LogP contribution in [-0.4, -0.2) is 42.0 Å². The highest BCUT2D eigenvalue weighted by molar-refractivity contribution is 9.10. The van der Waals surface area contributed by atoms with Crippen molar-refractivity contribution in [1.29, 1.82) is 0 Å². The van der Waals surface area contributed by atoms with Gasteiger partial charge in [0.05, 0.1) is 18.2 Å². The highest BCUT2D eigenvalue weighted by Crippen LogP contribution is 2.40. The number of methoxy groups -OCH3 is 1. The smallest absolute Gasteiger partial charge is 0.295 e. The Morgan fingerprint density at radius 1 is 1.03 bits per heavy atom. The Labute approximate surface area is 212 Å². The molecule has 1 N–H and O–H groups in total. The zero-order valence-electron chi connectivity index (χ0n) is 19.5. The summed E-state index contributed by atoms with van der Waals surface area (Å²) in [6, 6.07) is 21.8. The van der Waals surface area contributed by atoms with Crippen molar-refractivity contribution in [3.63, 3.8) is 0 Å². The highest BCUT2D eigenvalue weighted by Gasteiger charge is 2.46. The predicted octanol–water partition coefficient (Wildman–Crippen LogP) is 5.40. The van der Waals surface area contributed by atoms with E-state index in [2.05, 4.69) is 15.9 Å². The zero-order valence-corrected chi connectivity index (χ0v) is 21.1. The molecule has 7 heteroatoms. The molecular weight excluding hydrogens is 510 g/mol. The fraction of sp³-hybridized carbons (Fsp3) is 0.214. The van der Waals surface area contributed by atoms with E-state index in [9.17, 15) is 14.7 Å². The molecule has 0 saturated carbocycles. The van der Waals surface area contributed by atoms with Crippen LogP contribution in [0.15, 0.2) is 82.8 Å². The Hall–Kier alpha value is -3.42. The van der Waals surface area contributed by atoms with Gasteiger partial charge in [0.1, 0.15) is 18.1 Å². The molecule has 3 aromatic carbocycles. The minimum absolute atomic E-state index is 0.0604. The summed E-state index contributed by atoms with van der Waals surface area (Å²) in [5.74, 6) is -0.936. The maximum absolute atomic E-state index is 13.1. The maximum Gasteiger partial charge on any atom is 0.295 e. The van der Waals surface area contributed by atoms with E-state index >= 15 is 0 Å². The van der Waals surface area contributed by atoms with Crippen LogP contribution in [0.1, 0.15) is 28.3 Å². The van der Waals surface area contributed by atoms with Crippen molar-refractivity contribution < 1.29 is 24.2 Å². The van der Waals surface area contributed by atoms with Gasteiger partial charge in [0.25, 0.3) is 11.7 Å². The topological polar surface area (TPSA) is 76.1 Å². The average molecular weight is 536 g/mol. The second kappa shape index (κ2) is 10.9. The Bertz CT molecular complexity index is 1270. The number of aliphatic hydroxyl groups excluding tert-OH is 1. The highest BCUT2D eigenvalue weighted by atomic mass is 79.9. The number of Topliss-reactive ketones (excluding diaryl/α,β-unsaturated/α-hetero) is 1. The first-order chi connectivity index (χ1) is 16.9. The van der Waals surface area contributed by atoms with Gasteiger partial charge in [-0.15, -0.1) is 0 Å². The molecule has 0 radical (unpaired) electrons. The van der Waals surface area contributed by atoms with Gasteiger partial charge in [-0.25, -0.2) is 0 Å². The fourth-order valence-corrected chi connectivity index (χ4v) is 4.62. The summed E-state index contributed by atoms with van der Waals surface area (Å²) in [7, 11) is 1.54. The van der Waals surface area contributed by atoms with E-state index < -0.39 is 17.7 Å². The monoisotopic (exact) mass is 535 g/mol. The second-order valence-corrected chi connectivity index (χ2v) is 9.21. The minimum Gasteiger partial charge on any atom is -0.507 e. The molecule has 35 heavy (non-hydrogen) atoms. The molecule has 4 rings (SSSR count). The maximum atomic E-state index is 13.1. The SMILES string of the molecule is COCCN1C(=O)C(=O)/C(=C(/O)c2ccc(OCc3ccccc3)cc2C)C1c1cccc(Br)c1. The second-order valence-electron chi connectivity index (χ2n) is 8.29. The van der Waals surface area contributed by atoms with Crippen molar-refractivity contribution in [3.05, 3.63) is 105 Å². The molecule has 1 unspecified atom stereocenters. The van der Waals surface area contributed by atoms with E-state index in [1.807, 2.05) is 67.6 Å². The molecule has 1 heterocycles. The van der Waals surface area contributed by atoms with Gasteiger partial charge in [0, 0.05) is 23.7 Å². The summed E-state index contributed by atoms with van der Waals surface area (Å²) in [6.07, 6.45) is 0. The van der Waals surface area contributed by atoms with E-state index in [4.69, 9.17) is 9.47 Å². The molecule has 1 atom stereocenters. The van der Waals surface area contributed by atoms with Crippen molar-refractivity contribution in [3.8, 4) is 5.75 Å². The Morgan fingerprint density at radius 3 is 2.49 bits per heavy atom. The van der Waals surface area contributed by atoms with Gasteiger partial charge in [0.15, 0.2) is 0 Å². The van der Waals surface area contributed by atoms with E-state index in [-0.39, 0.29) is 24.5 Å². The van der Waals surface area contributed by atoms with Crippen molar-refractivity contribution in [2.24, 2.45) is 0 Å². The quantitative estimate of drug-likeness (QED) is 0.237. The molecule has 3 aromatic rings. The summed E-state index contributed by atoms with van der Waals surface area (Å²) in [5, 5.41) is 11.3. The number of carbonyl (C=O) groups excluding carboxylic acids is 2. The summed E-state index contributed by atoms with van der Waals surface area (Å²) < 4.78 is 11.9. The van der Waals surface area contributed by atoms with Gasteiger partial charge in [0.2, 0.25) is 0 Å². The molecule has 1 amide bonds. The molecule has 1 aliphatic rings. The van der Waals surface area contributed by atoms with Gasteiger partial charge >= 0.3 is 0 Å². The van der Waals surface area contributed by atoms with Crippen LogP contribution >= 0.6 is 15.9 Å². The average Bonchev–Trinajstić information content (AvgIpc) is 3.11. The van der Waals surface area contributed by atoms with Crippen LogP contribution in [0.4, 0.5) is 0 Å². The number of ether oxygens (including phenoxy) is 2. The van der Waals surface area contributed by atoms with Crippen LogP contribution in [0.3, 0.4) is 0 Å². The van der Waals surface area contributed by atoms with Crippen molar-refractivity contribution >= 4 is 33.4 Å². The van der Waals surface area contributed by atoms with Crippen LogP contribution in [0.5, 0.6) is 5.75 Å². The Balaban J connectivity index is 1.70. The van der Waals surface area contributed by atoms with Gasteiger partial charge < -0.3 is 19.5 Å². The van der Waals surface area contributed by atoms with E-state index in [1.165, 1.54) is 12.0 Å². The summed E-state index contributed by atoms with van der Waals surface area (Å²) in [5.41, 5.74) is 3.02. The van der Waals surface area contributed by atoms with Crippen LogP contribution in [0.25, 0.3) is 5.76 Å². The van der Waals surface area contributed by atoms with Gasteiger partial charge in [-0.05, 0) is 53.9 Å². The Morgan fingerprint density at radius 2 is 1.80 bits per heavy atom. The number of aliphatic hydroxyl groups is 1. The number of benzene rings is 3. The molecule has 180 valence electrons. The molecule has 0 aliphatic carbocycles. The number of halogens is 1. The molecular formula is C28H26BrNO5. The first kappa shape index (κ1) is 24.7. The lowest BCUT2D eigenvalue weighted by atomic mass is 9.94. The number of ketones is 1. The number of hydrogen-bond donors (Lipinski definition) is 1. The largest absolute Gasteiger partial charge is 0.507 e. The summed E-state index contributed by atoms with van der Waals surface area (Å²) in [6.45, 7) is 2.74. The third kappa shape index (κ3) is 5.31. The van der Waals surface area contributed by atoms with E-state index in [0.717, 1.165) is 21.2 Å². The Kier molecular flexibility index (Phi) is 7.68. The first-order valence-electron chi connectivity index (χ1n) is 11.2. The molecule has 1 aliphatic heterocycles. The molecule has 1 saturated heterocycles. The zero-order chi connectivity index (χ0) is 24.9. The lowest BCUT2D eigenvalue weighted by molar-refractivity contribution is -0.140. The van der Waals surface area contributed by atoms with Crippen molar-refractivity contribution in [1.82, 2.24) is 4.90 Å². The predicted molar refractivity (Wildman–Crippen MR) is 137 cm³/mol. The van der Waals surface area contributed by atoms with Crippen LogP contribution < -0.4 is 4.74 Å². The third-order valence-corrected chi connectivity index (χ3v) is 6.44. The number of likely N-dealkylation sites (tertiary alicyclic amines) is 1. The number of aryl methyl sites for hydroxylation is 1. The van der Waals surface area contributed by atoms with Crippen molar-refractivity contribution in [2.45, 2.75) is 19.6 Å². The third-order valence-electron chi connectivity index (χ3n) is 5.94. The van der Waals surface area contributed by atoms with Gasteiger partial charge in [-0.2, -0.15) is 0 Å². The number of hydrogen-bond acceptors (Lipinski definition) is 5. The van der Waals surface area contributed by atoms with Crippen LogP contribution in [0.2, 0.25) is 0 Å². The number of nitrogens with zero attached hydrogens (tertiary/aromatic N) is 1. The molecule has 0 spiro atoms. The normalized spacial score (nSPS) is 17.1. The minimum atomic E-state index is -0.726.